The molecule has 0 aromatic rings. The second-order valence-electron chi connectivity index (χ2n) is 4.52. The number of hydrogen-bond acceptors (Lipinski definition) is 3. The Kier molecular flexibility index (Phi) is 5.28. The molecule has 0 aromatic heterocycles. The molecular formula is C11H14F6O3. The molecule has 0 aliphatic heterocycles. The van der Waals surface area contributed by atoms with E-state index in [2.05, 4.69) is 16.1 Å². The maximum Gasteiger partial charge on any atom is 0.390 e. The van der Waals surface area contributed by atoms with E-state index in [0.29, 0.717) is 19.9 Å². The topological polar surface area (TPSA) is 35.5 Å². The molecule has 0 saturated carbocycles. The van der Waals surface area contributed by atoms with E-state index in [1.54, 1.807) is 0 Å². The number of esters is 1. The van der Waals surface area contributed by atoms with Crippen molar-refractivity contribution in [3.63, 3.8) is 0 Å². The highest BCUT2D eigenvalue weighted by Gasteiger charge is 2.65. The number of halogens is 6. The Labute approximate surface area is 111 Å². The van der Waals surface area contributed by atoms with E-state index in [1.165, 1.54) is 0 Å². The first-order valence-corrected chi connectivity index (χ1v) is 5.29. The van der Waals surface area contributed by atoms with Gasteiger partial charge in [-0.15, -0.1) is 0 Å². The van der Waals surface area contributed by atoms with Crippen LogP contribution in [0.4, 0.5) is 26.3 Å². The zero-order chi connectivity index (χ0) is 16.4. The van der Waals surface area contributed by atoms with Crippen LogP contribution in [0.3, 0.4) is 0 Å². The maximum absolute atomic E-state index is 13.4. The molecule has 118 valence electrons. The van der Waals surface area contributed by atoms with E-state index in [4.69, 9.17) is 0 Å². The number of rotatable bonds is 7. The zero-order valence-corrected chi connectivity index (χ0v) is 11.0. The van der Waals surface area contributed by atoms with Crippen LogP contribution in [0, 0.1) is 0 Å². The third kappa shape index (κ3) is 4.39. The first-order valence-electron chi connectivity index (χ1n) is 5.29. The molecule has 9 heteroatoms. The van der Waals surface area contributed by atoms with Crippen LogP contribution in [0.2, 0.25) is 0 Å². The lowest BCUT2D eigenvalue weighted by molar-refractivity contribution is -0.370. The van der Waals surface area contributed by atoms with Gasteiger partial charge >= 0.3 is 23.9 Å². The lowest BCUT2D eigenvalue weighted by atomic mass is 9.95. The highest BCUT2D eigenvalue weighted by atomic mass is 19.3. The van der Waals surface area contributed by atoms with Gasteiger partial charge in [-0.3, -0.25) is 0 Å². The molecular weight excluding hydrogens is 294 g/mol. The smallest absolute Gasteiger partial charge is 0.390 e. The molecule has 0 unspecified atom stereocenters. The number of alkyl halides is 6. The fourth-order valence-electron chi connectivity index (χ4n) is 1.21. The summed E-state index contributed by atoms with van der Waals surface area (Å²) in [5, 5.41) is 0. The van der Waals surface area contributed by atoms with E-state index in [-0.39, 0.29) is 6.92 Å². The molecule has 0 spiro atoms. The van der Waals surface area contributed by atoms with Gasteiger partial charge in [-0.25, -0.2) is 13.6 Å². The minimum Gasteiger partial charge on any atom is -0.453 e. The molecule has 0 heterocycles. The van der Waals surface area contributed by atoms with Crippen molar-refractivity contribution in [1.29, 1.82) is 0 Å². The van der Waals surface area contributed by atoms with Crippen molar-refractivity contribution in [3.05, 3.63) is 12.7 Å². The molecule has 0 N–H and O–H groups in total. The highest BCUT2D eigenvalue weighted by molar-refractivity contribution is 5.81. The van der Waals surface area contributed by atoms with Crippen molar-refractivity contribution < 1.29 is 40.6 Å². The summed E-state index contributed by atoms with van der Waals surface area (Å²) in [5.41, 5.74) is -3.20. The van der Waals surface area contributed by atoms with Gasteiger partial charge in [0.2, 0.25) is 0 Å². The number of hydrogen-bond donors (Lipinski definition) is 0. The quantitative estimate of drug-likeness (QED) is 0.411. The van der Waals surface area contributed by atoms with Gasteiger partial charge in [0.25, 0.3) is 0 Å². The normalized spacial score (nSPS) is 14.1. The average molecular weight is 308 g/mol. The third-order valence-corrected chi connectivity index (χ3v) is 2.26. The van der Waals surface area contributed by atoms with Crippen molar-refractivity contribution in [2.24, 2.45) is 0 Å². The fourth-order valence-corrected chi connectivity index (χ4v) is 1.21. The Morgan fingerprint density at radius 3 is 1.90 bits per heavy atom. The largest absolute Gasteiger partial charge is 0.453 e. The summed E-state index contributed by atoms with van der Waals surface area (Å²) < 4.78 is 86.4. The maximum atomic E-state index is 13.4. The number of carbonyl (C=O) groups is 1. The summed E-state index contributed by atoms with van der Waals surface area (Å²) in [6, 6.07) is 0. The third-order valence-electron chi connectivity index (χ3n) is 2.26. The van der Waals surface area contributed by atoms with Crippen LogP contribution in [-0.2, 0) is 14.3 Å². The lowest BCUT2D eigenvalue weighted by Gasteiger charge is -2.38. The molecule has 0 fully saturated rings. The van der Waals surface area contributed by atoms with Gasteiger partial charge in [-0.2, -0.15) is 17.6 Å². The van der Waals surface area contributed by atoms with Crippen LogP contribution in [0.25, 0.3) is 0 Å². The van der Waals surface area contributed by atoms with Crippen LogP contribution in [0.15, 0.2) is 12.7 Å². The molecule has 0 rings (SSSR count). The Balaban J connectivity index is 4.98. The summed E-state index contributed by atoms with van der Waals surface area (Å²) in [5.74, 6) is -10.7. The average Bonchev–Trinajstić information content (AvgIpc) is 2.22. The van der Waals surface area contributed by atoms with Crippen LogP contribution in [-0.4, -0.2) is 36.1 Å². The molecule has 0 amide bonds. The van der Waals surface area contributed by atoms with Gasteiger partial charge in [-0.05, 0) is 13.8 Å². The van der Waals surface area contributed by atoms with E-state index in [1.807, 2.05) is 0 Å². The Morgan fingerprint density at radius 1 is 1.10 bits per heavy atom. The van der Waals surface area contributed by atoms with Crippen molar-refractivity contribution in [2.45, 2.75) is 44.3 Å². The molecule has 0 saturated heterocycles. The summed E-state index contributed by atoms with van der Waals surface area (Å²) in [4.78, 5) is 10.6. The van der Waals surface area contributed by atoms with E-state index in [0.717, 1.165) is 0 Å². The molecule has 3 nitrogen and oxygen atoms in total. The molecule has 0 atom stereocenters. The Bertz CT molecular complexity index is 373. The summed E-state index contributed by atoms with van der Waals surface area (Å²) in [6.07, 6.45) is -3.80. The van der Waals surface area contributed by atoms with E-state index >= 15 is 0 Å². The molecule has 0 aliphatic carbocycles. The Hall–Kier alpha value is -1.25. The van der Waals surface area contributed by atoms with Gasteiger partial charge in [0.05, 0.1) is 0 Å². The standard InChI is InChI=1S/C11H14F6O3/c1-5-7(18)19-6-10(14,15)20-8(2,3)11(16,17)9(4,12)13/h5H,1,6H2,2-4H3. The van der Waals surface area contributed by atoms with Crippen molar-refractivity contribution in [1.82, 2.24) is 0 Å². The predicted molar refractivity (Wildman–Crippen MR) is 56.8 cm³/mol. The van der Waals surface area contributed by atoms with E-state index in [9.17, 15) is 31.1 Å². The monoisotopic (exact) mass is 308 g/mol. The highest BCUT2D eigenvalue weighted by Crippen LogP contribution is 2.45. The van der Waals surface area contributed by atoms with Crippen LogP contribution in [0.5, 0.6) is 0 Å². The second kappa shape index (κ2) is 5.63. The van der Waals surface area contributed by atoms with Crippen molar-refractivity contribution in [3.8, 4) is 0 Å². The minimum atomic E-state index is -4.87. The molecule has 0 bridgehead atoms. The molecule has 0 radical (unpaired) electrons. The second-order valence-corrected chi connectivity index (χ2v) is 4.52. The van der Waals surface area contributed by atoms with Gasteiger partial charge < -0.3 is 9.47 Å². The summed E-state index contributed by atoms with van der Waals surface area (Å²) >= 11 is 0. The first-order chi connectivity index (χ1) is 8.66. The van der Waals surface area contributed by atoms with Gasteiger partial charge in [0.1, 0.15) is 5.60 Å². The summed E-state index contributed by atoms with van der Waals surface area (Å²) in [6.45, 7) is 1.87. The number of ether oxygens (including phenoxy) is 2. The molecule has 0 aromatic carbocycles. The molecule has 20 heavy (non-hydrogen) atoms. The SMILES string of the molecule is C=CC(=O)OCC(F)(F)OC(C)(C)C(F)(F)C(C)(F)F. The molecule has 0 aliphatic rings. The lowest BCUT2D eigenvalue weighted by Crippen LogP contribution is -2.58. The predicted octanol–water partition coefficient (Wildman–Crippen LogP) is 3.39. The van der Waals surface area contributed by atoms with Crippen LogP contribution < -0.4 is 0 Å². The van der Waals surface area contributed by atoms with Crippen molar-refractivity contribution in [2.75, 3.05) is 6.61 Å². The van der Waals surface area contributed by atoms with Crippen molar-refractivity contribution >= 4 is 5.97 Å². The van der Waals surface area contributed by atoms with Crippen LogP contribution >= 0.6 is 0 Å². The van der Waals surface area contributed by atoms with E-state index < -0.39 is 36.1 Å². The number of carbonyl (C=O) groups excluding carboxylic acids is 1. The summed E-state index contributed by atoms with van der Waals surface area (Å²) in [7, 11) is 0. The zero-order valence-electron chi connectivity index (χ0n) is 11.0. The van der Waals surface area contributed by atoms with Gasteiger partial charge in [-0.1, -0.05) is 6.58 Å². The first kappa shape index (κ1) is 18.8. The van der Waals surface area contributed by atoms with Crippen LogP contribution in [0.1, 0.15) is 20.8 Å². The fraction of sp³-hybridized carbons (Fsp3) is 0.727. The van der Waals surface area contributed by atoms with Gasteiger partial charge in [0.15, 0.2) is 6.61 Å². The minimum absolute atomic E-state index is 0.117. The van der Waals surface area contributed by atoms with Gasteiger partial charge in [0, 0.05) is 13.0 Å². The Morgan fingerprint density at radius 2 is 1.55 bits per heavy atom.